The van der Waals surface area contributed by atoms with E-state index in [1.807, 2.05) is 12.1 Å². The van der Waals surface area contributed by atoms with Crippen LogP contribution in [0.2, 0.25) is 0 Å². The van der Waals surface area contributed by atoms with Gasteiger partial charge in [0.2, 0.25) is 0 Å². The monoisotopic (exact) mass is 298 g/mol. The zero-order valence-corrected chi connectivity index (χ0v) is 12.2. The summed E-state index contributed by atoms with van der Waals surface area (Å²) in [6.07, 6.45) is 1.41. The molecule has 1 fully saturated rings. The number of carbonyl (C=O) groups is 1. The Kier molecular flexibility index (Phi) is 3.09. The molecule has 0 spiro atoms. The van der Waals surface area contributed by atoms with Crippen LogP contribution in [0.25, 0.3) is 21.0 Å². The predicted octanol–water partition coefficient (Wildman–Crippen LogP) is 3.57. The van der Waals surface area contributed by atoms with Gasteiger partial charge in [0.15, 0.2) is 5.13 Å². The van der Waals surface area contributed by atoms with E-state index in [0.717, 1.165) is 33.8 Å². The van der Waals surface area contributed by atoms with E-state index in [2.05, 4.69) is 34.6 Å². The van der Waals surface area contributed by atoms with Crippen LogP contribution in [0.5, 0.6) is 0 Å². The molecule has 4 nitrogen and oxygen atoms in total. The van der Waals surface area contributed by atoms with Gasteiger partial charge in [-0.3, -0.25) is 10.1 Å². The van der Waals surface area contributed by atoms with E-state index in [9.17, 15) is 4.79 Å². The van der Waals surface area contributed by atoms with Crippen molar-refractivity contribution in [2.24, 2.45) is 0 Å². The summed E-state index contributed by atoms with van der Waals surface area (Å²) < 4.78 is 6.48. The highest BCUT2D eigenvalue weighted by molar-refractivity contribution is 7.22. The molecule has 0 radical (unpaired) electrons. The lowest BCUT2D eigenvalue weighted by atomic mass is 10.1. The van der Waals surface area contributed by atoms with Gasteiger partial charge in [-0.15, -0.1) is 0 Å². The smallest absolute Gasteiger partial charge is 0.255 e. The third-order valence-corrected chi connectivity index (χ3v) is 4.67. The second-order valence-corrected chi connectivity index (χ2v) is 6.17. The van der Waals surface area contributed by atoms with E-state index in [1.165, 1.54) is 11.3 Å². The molecule has 21 heavy (non-hydrogen) atoms. The van der Waals surface area contributed by atoms with Crippen molar-refractivity contribution in [2.45, 2.75) is 18.9 Å². The van der Waals surface area contributed by atoms with Crippen LogP contribution in [-0.4, -0.2) is 23.6 Å². The molecule has 1 amide bonds. The summed E-state index contributed by atoms with van der Waals surface area (Å²) in [5, 5.41) is 5.80. The van der Waals surface area contributed by atoms with Crippen LogP contribution in [0.3, 0.4) is 0 Å². The van der Waals surface area contributed by atoms with Gasteiger partial charge in [0.25, 0.3) is 5.91 Å². The summed E-state index contributed by atoms with van der Waals surface area (Å²) in [4.78, 5) is 16.7. The van der Waals surface area contributed by atoms with Gasteiger partial charge in [-0.1, -0.05) is 41.7 Å². The maximum atomic E-state index is 12.1. The zero-order chi connectivity index (χ0) is 14.2. The molecule has 2 heterocycles. The molecule has 106 valence electrons. The molecule has 1 N–H and O–H groups in total. The fourth-order valence-corrected chi connectivity index (χ4v) is 3.57. The SMILES string of the molecule is O=C(Nc1nc2c(ccc3ccccc32)s1)[C@@H]1CCCO1. The fourth-order valence-electron chi connectivity index (χ4n) is 2.69. The van der Waals surface area contributed by atoms with E-state index >= 15 is 0 Å². The molecule has 4 rings (SSSR count). The number of aromatic nitrogens is 1. The van der Waals surface area contributed by atoms with Gasteiger partial charge in [-0.05, 0) is 24.3 Å². The topological polar surface area (TPSA) is 51.2 Å². The summed E-state index contributed by atoms with van der Waals surface area (Å²) >= 11 is 1.50. The normalized spacial score (nSPS) is 18.4. The molecule has 0 unspecified atom stereocenters. The van der Waals surface area contributed by atoms with Crippen LogP contribution in [0.15, 0.2) is 36.4 Å². The molecule has 5 heteroatoms. The van der Waals surface area contributed by atoms with E-state index in [1.54, 1.807) is 0 Å². The summed E-state index contributed by atoms with van der Waals surface area (Å²) in [7, 11) is 0. The van der Waals surface area contributed by atoms with Crippen molar-refractivity contribution in [3.8, 4) is 0 Å². The first-order chi connectivity index (χ1) is 10.3. The molecule has 3 aromatic rings. The van der Waals surface area contributed by atoms with E-state index < -0.39 is 0 Å². The van der Waals surface area contributed by atoms with Crippen molar-refractivity contribution >= 4 is 43.4 Å². The summed E-state index contributed by atoms with van der Waals surface area (Å²) in [6.45, 7) is 0.669. The number of carbonyl (C=O) groups excluding carboxylic acids is 1. The largest absolute Gasteiger partial charge is 0.368 e. The van der Waals surface area contributed by atoms with Gasteiger partial charge >= 0.3 is 0 Å². The molecule has 0 saturated carbocycles. The quantitative estimate of drug-likeness (QED) is 0.787. The molecule has 0 aliphatic carbocycles. The molecule has 0 bridgehead atoms. The molecular formula is C16H14N2O2S. The Morgan fingerprint density at radius 1 is 1.29 bits per heavy atom. The molecule has 1 aromatic heterocycles. The lowest BCUT2D eigenvalue weighted by Crippen LogP contribution is -2.26. The summed E-state index contributed by atoms with van der Waals surface area (Å²) in [5.41, 5.74) is 0.945. The van der Waals surface area contributed by atoms with Crippen LogP contribution in [0.1, 0.15) is 12.8 Å². The lowest BCUT2D eigenvalue weighted by molar-refractivity contribution is -0.124. The van der Waals surface area contributed by atoms with Crippen molar-refractivity contribution in [2.75, 3.05) is 11.9 Å². The highest BCUT2D eigenvalue weighted by atomic mass is 32.1. The van der Waals surface area contributed by atoms with Crippen LogP contribution >= 0.6 is 11.3 Å². The van der Waals surface area contributed by atoms with E-state index in [-0.39, 0.29) is 12.0 Å². The number of hydrogen-bond acceptors (Lipinski definition) is 4. The fraction of sp³-hybridized carbons (Fsp3) is 0.250. The van der Waals surface area contributed by atoms with Crippen molar-refractivity contribution in [1.29, 1.82) is 0 Å². The number of nitrogens with zero attached hydrogens (tertiary/aromatic N) is 1. The van der Waals surface area contributed by atoms with Crippen LogP contribution in [-0.2, 0) is 9.53 Å². The average molecular weight is 298 g/mol. The first-order valence-electron chi connectivity index (χ1n) is 7.02. The Morgan fingerprint density at radius 2 is 2.19 bits per heavy atom. The summed E-state index contributed by atoms with van der Waals surface area (Å²) in [6, 6.07) is 12.3. The van der Waals surface area contributed by atoms with Gasteiger partial charge < -0.3 is 4.74 Å². The maximum Gasteiger partial charge on any atom is 0.255 e. The maximum absolute atomic E-state index is 12.1. The number of hydrogen-bond donors (Lipinski definition) is 1. The molecule has 1 atom stereocenters. The van der Waals surface area contributed by atoms with E-state index in [0.29, 0.717) is 11.7 Å². The average Bonchev–Trinajstić information content (AvgIpc) is 3.16. The third kappa shape index (κ3) is 2.28. The molecule has 1 aliphatic heterocycles. The van der Waals surface area contributed by atoms with Crippen molar-refractivity contribution in [3.63, 3.8) is 0 Å². The number of ether oxygens (including phenoxy) is 1. The second kappa shape index (κ2) is 5.09. The zero-order valence-electron chi connectivity index (χ0n) is 11.3. The van der Waals surface area contributed by atoms with Crippen LogP contribution < -0.4 is 5.32 Å². The van der Waals surface area contributed by atoms with Crippen molar-refractivity contribution in [1.82, 2.24) is 4.98 Å². The molecule has 1 saturated heterocycles. The van der Waals surface area contributed by atoms with Crippen LogP contribution in [0.4, 0.5) is 5.13 Å². The first kappa shape index (κ1) is 12.7. The lowest BCUT2D eigenvalue weighted by Gasteiger charge is -2.07. The van der Waals surface area contributed by atoms with Gasteiger partial charge in [0.05, 0.1) is 10.2 Å². The number of fused-ring (bicyclic) bond motifs is 3. The Bertz CT molecular complexity index is 821. The number of nitrogens with one attached hydrogen (secondary N) is 1. The first-order valence-corrected chi connectivity index (χ1v) is 7.84. The summed E-state index contributed by atoms with van der Waals surface area (Å²) in [5.74, 6) is -0.0872. The third-order valence-electron chi connectivity index (χ3n) is 3.74. The van der Waals surface area contributed by atoms with Gasteiger partial charge in [-0.2, -0.15) is 0 Å². The number of benzene rings is 2. The predicted molar refractivity (Wildman–Crippen MR) is 84.7 cm³/mol. The minimum Gasteiger partial charge on any atom is -0.368 e. The minimum absolute atomic E-state index is 0.0872. The Morgan fingerprint density at radius 3 is 3.05 bits per heavy atom. The van der Waals surface area contributed by atoms with Gasteiger partial charge in [-0.25, -0.2) is 4.98 Å². The van der Waals surface area contributed by atoms with Crippen LogP contribution in [0, 0.1) is 0 Å². The van der Waals surface area contributed by atoms with Crippen molar-refractivity contribution in [3.05, 3.63) is 36.4 Å². The number of thiazole rings is 1. The van der Waals surface area contributed by atoms with E-state index in [4.69, 9.17) is 4.74 Å². The van der Waals surface area contributed by atoms with Gasteiger partial charge in [0.1, 0.15) is 6.10 Å². The second-order valence-electron chi connectivity index (χ2n) is 5.14. The van der Waals surface area contributed by atoms with Gasteiger partial charge in [0, 0.05) is 12.0 Å². The Labute approximate surface area is 125 Å². The minimum atomic E-state index is -0.325. The molecular weight excluding hydrogens is 284 g/mol. The van der Waals surface area contributed by atoms with Crippen molar-refractivity contribution < 1.29 is 9.53 Å². The number of amides is 1. The highest BCUT2D eigenvalue weighted by Crippen LogP contribution is 2.31. The molecule has 2 aromatic carbocycles. The molecule has 1 aliphatic rings. The standard InChI is InChI=1S/C16H14N2O2S/c19-15(12-6-3-9-20-12)18-16-17-14-11-5-2-1-4-10(11)7-8-13(14)21-16/h1-2,4-5,7-8,12H,3,6,9H2,(H,17,18,19)/t12-/m0/s1. The Balaban J connectivity index is 1.70. The Hall–Kier alpha value is -1.98. The highest BCUT2D eigenvalue weighted by Gasteiger charge is 2.24. The number of rotatable bonds is 2. The number of anilines is 1.